The van der Waals surface area contributed by atoms with Crippen LogP contribution in [0.1, 0.15) is 33.1 Å². The number of rotatable bonds is 6. The molecule has 0 heteroatoms. The van der Waals surface area contributed by atoms with E-state index in [0.717, 1.165) is 19.3 Å². The maximum Gasteiger partial charge on any atom is -0.00701 e. The van der Waals surface area contributed by atoms with Crippen LogP contribution in [-0.2, 0) is 0 Å². The van der Waals surface area contributed by atoms with Gasteiger partial charge in [-0.1, -0.05) is 56.9 Å². The summed E-state index contributed by atoms with van der Waals surface area (Å²) < 4.78 is 0. The van der Waals surface area contributed by atoms with E-state index in [4.69, 9.17) is 0 Å². The summed E-state index contributed by atoms with van der Waals surface area (Å²) in [6, 6.07) is 0. The second kappa shape index (κ2) is 7.60. The molecule has 0 aliphatic rings. The van der Waals surface area contributed by atoms with Gasteiger partial charge in [0.15, 0.2) is 0 Å². The third-order valence-corrected chi connectivity index (χ3v) is 1.90. The van der Waals surface area contributed by atoms with Crippen LogP contribution in [0.4, 0.5) is 0 Å². The highest BCUT2D eigenvalue weighted by molar-refractivity contribution is 5.26. The highest BCUT2D eigenvalue weighted by Gasteiger charge is 1.93. The van der Waals surface area contributed by atoms with Gasteiger partial charge in [-0.05, 0) is 24.8 Å². The van der Waals surface area contributed by atoms with E-state index in [1.807, 2.05) is 6.08 Å². The quantitative estimate of drug-likeness (QED) is 0.415. The van der Waals surface area contributed by atoms with E-state index in [9.17, 15) is 0 Å². The lowest BCUT2D eigenvalue weighted by Gasteiger charge is -2.01. The fourth-order valence-electron chi connectivity index (χ4n) is 0.941. The smallest absolute Gasteiger partial charge is 0.00701 e. The van der Waals surface area contributed by atoms with Crippen LogP contribution >= 0.6 is 0 Å². The first-order chi connectivity index (χ1) is 6.24. The second-order valence-electron chi connectivity index (χ2n) is 3.06. The number of hydrogen-bond acceptors (Lipinski definition) is 0. The van der Waals surface area contributed by atoms with Crippen molar-refractivity contribution in [2.45, 2.75) is 33.1 Å². The average Bonchev–Trinajstić information content (AvgIpc) is 2.16. The highest BCUT2D eigenvalue weighted by atomic mass is 14.0. The molecule has 0 nitrogen and oxygen atoms in total. The Morgan fingerprint density at radius 1 is 1.31 bits per heavy atom. The van der Waals surface area contributed by atoms with Gasteiger partial charge in [-0.3, -0.25) is 0 Å². The van der Waals surface area contributed by atoms with Gasteiger partial charge in [-0.15, -0.1) is 0 Å². The predicted molar refractivity (Wildman–Crippen MR) is 61.8 cm³/mol. The summed E-state index contributed by atoms with van der Waals surface area (Å²) in [5, 5.41) is 0. The molecule has 0 aromatic heterocycles. The van der Waals surface area contributed by atoms with E-state index >= 15 is 0 Å². The Labute approximate surface area is 82.4 Å². The Bertz CT molecular complexity index is 216. The second-order valence-corrected chi connectivity index (χ2v) is 3.06. The molecule has 0 spiro atoms. The van der Waals surface area contributed by atoms with Crippen LogP contribution < -0.4 is 0 Å². The van der Waals surface area contributed by atoms with Gasteiger partial charge >= 0.3 is 0 Å². The molecule has 13 heavy (non-hydrogen) atoms. The topological polar surface area (TPSA) is 0 Å². The zero-order chi connectivity index (χ0) is 10.1. The van der Waals surface area contributed by atoms with Crippen molar-refractivity contribution < 1.29 is 0 Å². The minimum absolute atomic E-state index is 0.952. The molecule has 0 bridgehead atoms. The molecule has 0 radical (unpaired) electrons. The Balaban J connectivity index is 4.16. The van der Waals surface area contributed by atoms with Gasteiger partial charge in [0.25, 0.3) is 0 Å². The first-order valence-corrected chi connectivity index (χ1v) is 4.89. The van der Waals surface area contributed by atoms with E-state index < -0.39 is 0 Å². The van der Waals surface area contributed by atoms with Gasteiger partial charge in [0.2, 0.25) is 0 Å². The molecule has 0 aromatic rings. The Hall–Kier alpha value is -1.04. The number of hydrogen-bond donors (Lipinski definition) is 0. The van der Waals surface area contributed by atoms with E-state index in [1.54, 1.807) is 0 Å². The monoisotopic (exact) mass is 176 g/mol. The van der Waals surface area contributed by atoms with Crippen molar-refractivity contribution in [3.63, 3.8) is 0 Å². The van der Waals surface area contributed by atoms with Gasteiger partial charge in [-0.2, -0.15) is 0 Å². The summed E-state index contributed by atoms with van der Waals surface area (Å²) in [5.74, 6) is 0. The third kappa shape index (κ3) is 6.15. The first-order valence-electron chi connectivity index (χ1n) is 4.89. The van der Waals surface area contributed by atoms with E-state index in [-0.39, 0.29) is 0 Å². The molecule has 0 saturated carbocycles. The van der Waals surface area contributed by atoms with Crippen molar-refractivity contribution in [3.05, 3.63) is 48.6 Å². The van der Waals surface area contributed by atoms with E-state index in [2.05, 4.69) is 45.2 Å². The normalized spacial score (nSPS) is 12.0. The first kappa shape index (κ1) is 12.0. The van der Waals surface area contributed by atoms with Crippen LogP contribution in [-0.4, -0.2) is 0 Å². The molecule has 0 atom stereocenters. The highest BCUT2D eigenvalue weighted by Crippen LogP contribution is 2.12. The maximum absolute atomic E-state index is 3.98. The minimum atomic E-state index is 0.952. The van der Waals surface area contributed by atoms with Crippen LogP contribution in [0.25, 0.3) is 0 Å². The lowest BCUT2D eigenvalue weighted by Crippen LogP contribution is -1.81. The van der Waals surface area contributed by atoms with Crippen molar-refractivity contribution in [2.24, 2.45) is 0 Å². The fraction of sp³-hybridized carbons (Fsp3) is 0.385. The SMILES string of the molecule is C=C/C(=C/C=C\CC)CC(=C)CC. The van der Waals surface area contributed by atoms with Crippen molar-refractivity contribution in [1.29, 1.82) is 0 Å². The molecule has 0 amide bonds. The summed E-state index contributed by atoms with van der Waals surface area (Å²) >= 11 is 0. The van der Waals surface area contributed by atoms with Gasteiger partial charge in [0.1, 0.15) is 0 Å². The van der Waals surface area contributed by atoms with Crippen molar-refractivity contribution >= 4 is 0 Å². The molecule has 0 aromatic carbocycles. The summed E-state index contributed by atoms with van der Waals surface area (Å²) in [4.78, 5) is 0. The molecular formula is C13H20. The maximum atomic E-state index is 3.98. The summed E-state index contributed by atoms with van der Waals surface area (Å²) in [5.41, 5.74) is 2.51. The lowest BCUT2D eigenvalue weighted by atomic mass is 10.0. The molecule has 0 heterocycles. The summed E-state index contributed by atoms with van der Waals surface area (Å²) in [6.07, 6.45) is 11.3. The minimum Gasteiger partial charge on any atom is -0.0995 e. The zero-order valence-corrected chi connectivity index (χ0v) is 8.84. The van der Waals surface area contributed by atoms with Crippen molar-refractivity contribution in [2.75, 3.05) is 0 Å². The molecule has 0 aliphatic heterocycles. The van der Waals surface area contributed by atoms with Gasteiger partial charge in [-0.25, -0.2) is 0 Å². The van der Waals surface area contributed by atoms with Crippen LogP contribution in [0.3, 0.4) is 0 Å². The van der Waals surface area contributed by atoms with Crippen LogP contribution in [0.15, 0.2) is 48.6 Å². The Kier molecular flexibility index (Phi) is 6.99. The molecule has 0 rings (SSSR count). The molecule has 0 fully saturated rings. The molecular weight excluding hydrogens is 156 g/mol. The standard InChI is InChI=1S/C13H20/c1-5-8-9-10-13(7-3)11-12(4)6-2/h7-10H,3-6,11H2,1-2H3/b9-8-,13-10-. The van der Waals surface area contributed by atoms with Gasteiger partial charge < -0.3 is 0 Å². The van der Waals surface area contributed by atoms with Gasteiger partial charge in [0, 0.05) is 0 Å². The summed E-state index contributed by atoms with van der Waals surface area (Å²) in [7, 11) is 0. The molecule has 0 unspecified atom stereocenters. The van der Waals surface area contributed by atoms with Crippen molar-refractivity contribution in [3.8, 4) is 0 Å². The van der Waals surface area contributed by atoms with Crippen LogP contribution in [0, 0.1) is 0 Å². The fourth-order valence-corrected chi connectivity index (χ4v) is 0.941. The Morgan fingerprint density at radius 3 is 2.46 bits per heavy atom. The molecule has 0 aliphatic carbocycles. The predicted octanol–water partition coefficient (Wildman–Crippen LogP) is 4.42. The van der Waals surface area contributed by atoms with E-state index in [0.29, 0.717) is 0 Å². The molecule has 0 saturated heterocycles. The summed E-state index contributed by atoms with van der Waals surface area (Å²) in [6.45, 7) is 12.0. The molecule has 72 valence electrons. The van der Waals surface area contributed by atoms with Crippen LogP contribution in [0.5, 0.6) is 0 Å². The van der Waals surface area contributed by atoms with E-state index in [1.165, 1.54) is 11.1 Å². The van der Waals surface area contributed by atoms with Crippen LogP contribution in [0.2, 0.25) is 0 Å². The number of allylic oxidation sites excluding steroid dienone is 6. The van der Waals surface area contributed by atoms with Crippen molar-refractivity contribution in [1.82, 2.24) is 0 Å². The zero-order valence-electron chi connectivity index (χ0n) is 8.84. The average molecular weight is 176 g/mol. The Morgan fingerprint density at radius 2 is 2.00 bits per heavy atom. The largest absolute Gasteiger partial charge is 0.0995 e. The third-order valence-electron chi connectivity index (χ3n) is 1.90. The lowest BCUT2D eigenvalue weighted by molar-refractivity contribution is 1.02. The molecule has 0 N–H and O–H groups in total. The van der Waals surface area contributed by atoms with Gasteiger partial charge in [0.05, 0.1) is 0 Å².